The lowest BCUT2D eigenvalue weighted by atomic mass is 10.1. The molecular weight excluding hydrogens is 364 g/mol. The van der Waals surface area contributed by atoms with Crippen LogP contribution in [-0.2, 0) is 11.3 Å². The molecule has 27 heavy (non-hydrogen) atoms. The van der Waals surface area contributed by atoms with Crippen molar-refractivity contribution in [2.24, 2.45) is 0 Å². The minimum absolute atomic E-state index is 0.247. The Hall–Kier alpha value is -2.27. The van der Waals surface area contributed by atoms with Crippen LogP contribution in [0.4, 0.5) is 10.5 Å². The number of halogens is 1. The first-order valence-electron chi connectivity index (χ1n) is 8.78. The van der Waals surface area contributed by atoms with E-state index in [9.17, 15) is 4.79 Å². The van der Waals surface area contributed by atoms with Gasteiger partial charge in [-0.2, -0.15) is 0 Å². The molecule has 2 aromatic rings. The highest BCUT2D eigenvalue weighted by Gasteiger charge is 2.25. The van der Waals surface area contributed by atoms with Crippen molar-refractivity contribution < 1.29 is 14.3 Å². The van der Waals surface area contributed by atoms with Crippen molar-refractivity contribution in [1.29, 1.82) is 0 Å². The van der Waals surface area contributed by atoms with E-state index >= 15 is 0 Å². The van der Waals surface area contributed by atoms with Gasteiger partial charge in [0.15, 0.2) is 0 Å². The molecule has 6 heteroatoms. The van der Waals surface area contributed by atoms with E-state index in [2.05, 4.69) is 4.98 Å². The summed E-state index contributed by atoms with van der Waals surface area (Å²) in [6.07, 6.45) is 1.29. The predicted octanol–water partition coefficient (Wildman–Crippen LogP) is 5.61. The van der Waals surface area contributed by atoms with Crippen molar-refractivity contribution >= 4 is 23.4 Å². The second-order valence-electron chi connectivity index (χ2n) is 7.60. The van der Waals surface area contributed by atoms with Crippen LogP contribution in [0.5, 0.6) is 5.75 Å². The second kappa shape index (κ2) is 8.17. The summed E-state index contributed by atoms with van der Waals surface area (Å²) in [7, 11) is 1.63. The zero-order chi connectivity index (χ0) is 20.4. The van der Waals surface area contributed by atoms with Crippen LogP contribution in [0.3, 0.4) is 0 Å². The topological polar surface area (TPSA) is 51.7 Å². The first kappa shape index (κ1) is 21.0. The molecule has 0 fully saturated rings. The number of amides is 1. The fraction of sp³-hybridized carbons (Fsp3) is 0.429. The van der Waals surface area contributed by atoms with E-state index in [4.69, 9.17) is 21.1 Å². The summed E-state index contributed by atoms with van der Waals surface area (Å²) in [5.74, 6) is 0.770. The average molecular weight is 391 g/mol. The van der Waals surface area contributed by atoms with Crippen molar-refractivity contribution in [3.63, 3.8) is 0 Å². The van der Waals surface area contributed by atoms with Crippen LogP contribution >= 0.6 is 11.6 Å². The highest BCUT2D eigenvalue weighted by Crippen LogP contribution is 2.29. The van der Waals surface area contributed by atoms with Gasteiger partial charge in [0.1, 0.15) is 11.4 Å². The fourth-order valence-corrected chi connectivity index (χ4v) is 3.12. The summed E-state index contributed by atoms with van der Waals surface area (Å²) in [4.78, 5) is 19.0. The lowest BCUT2D eigenvalue weighted by molar-refractivity contribution is 0.0577. The van der Waals surface area contributed by atoms with Crippen LogP contribution in [0.25, 0.3) is 0 Å². The van der Waals surface area contributed by atoms with Gasteiger partial charge in [0.2, 0.25) is 0 Å². The molecule has 0 radical (unpaired) electrons. The Morgan fingerprint density at radius 2 is 1.85 bits per heavy atom. The van der Waals surface area contributed by atoms with Gasteiger partial charge in [-0.1, -0.05) is 11.6 Å². The number of carbonyl (C=O) groups excluding carboxylic acids is 1. The molecule has 0 aliphatic heterocycles. The molecule has 0 aliphatic rings. The molecule has 1 heterocycles. The molecule has 1 aromatic carbocycles. The van der Waals surface area contributed by atoms with Crippen molar-refractivity contribution in [1.82, 2.24) is 4.98 Å². The number of nitrogens with zero attached hydrogens (tertiary/aromatic N) is 2. The van der Waals surface area contributed by atoms with E-state index in [1.807, 2.05) is 53.7 Å². The van der Waals surface area contributed by atoms with Crippen LogP contribution in [0.15, 0.2) is 24.4 Å². The first-order valence-corrected chi connectivity index (χ1v) is 9.16. The molecule has 0 N–H and O–H groups in total. The van der Waals surface area contributed by atoms with Gasteiger partial charge >= 0.3 is 6.09 Å². The SMILES string of the molecule is COc1c(C)cnc(CN(C(=O)OC(C)(C)C)c2cc(C)cc(Cl)c2)c1C. The van der Waals surface area contributed by atoms with Crippen molar-refractivity contribution in [3.8, 4) is 5.75 Å². The lowest BCUT2D eigenvalue weighted by Gasteiger charge is -2.28. The molecule has 0 unspecified atom stereocenters. The number of pyridine rings is 1. The quantitative estimate of drug-likeness (QED) is 0.680. The maximum atomic E-state index is 12.9. The predicted molar refractivity (Wildman–Crippen MR) is 109 cm³/mol. The number of hydrogen-bond donors (Lipinski definition) is 0. The van der Waals surface area contributed by atoms with Gasteiger partial charge in [-0.3, -0.25) is 9.88 Å². The number of carbonyl (C=O) groups is 1. The van der Waals surface area contributed by atoms with E-state index in [0.29, 0.717) is 10.7 Å². The van der Waals surface area contributed by atoms with Gasteiger partial charge in [-0.25, -0.2) is 4.79 Å². The summed E-state index contributed by atoms with van der Waals surface area (Å²) in [5.41, 5.74) is 3.58. The third-order valence-electron chi connectivity index (χ3n) is 4.01. The van der Waals surface area contributed by atoms with E-state index in [1.165, 1.54) is 0 Å². The van der Waals surface area contributed by atoms with Crippen LogP contribution in [-0.4, -0.2) is 23.8 Å². The number of ether oxygens (including phenoxy) is 2. The Labute approximate surface area is 166 Å². The number of hydrogen-bond acceptors (Lipinski definition) is 4. The molecular formula is C21H27ClN2O3. The largest absolute Gasteiger partial charge is 0.496 e. The number of aryl methyl sites for hydroxylation is 2. The summed E-state index contributed by atoms with van der Waals surface area (Å²) in [5, 5.41) is 0.560. The van der Waals surface area contributed by atoms with E-state index in [-0.39, 0.29) is 6.54 Å². The van der Waals surface area contributed by atoms with E-state index in [0.717, 1.165) is 28.1 Å². The van der Waals surface area contributed by atoms with Crippen LogP contribution in [0, 0.1) is 20.8 Å². The van der Waals surface area contributed by atoms with Crippen LogP contribution < -0.4 is 9.64 Å². The maximum Gasteiger partial charge on any atom is 0.415 e. The van der Waals surface area contributed by atoms with Crippen molar-refractivity contribution in [2.45, 2.75) is 53.7 Å². The minimum Gasteiger partial charge on any atom is -0.496 e. The van der Waals surface area contributed by atoms with E-state index in [1.54, 1.807) is 24.3 Å². The Morgan fingerprint density at radius 3 is 2.41 bits per heavy atom. The van der Waals surface area contributed by atoms with Crippen molar-refractivity contribution in [2.75, 3.05) is 12.0 Å². The zero-order valence-electron chi connectivity index (χ0n) is 17.0. The minimum atomic E-state index is -0.615. The third-order valence-corrected chi connectivity index (χ3v) is 4.23. The second-order valence-corrected chi connectivity index (χ2v) is 8.04. The van der Waals surface area contributed by atoms with Crippen LogP contribution in [0.2, 0.25) is 5.02 Å². The van der Waals surface area contributed by atoms with Gasteiger partial charge in [0, 0.05) is 28.0 Å². The molecule has 0 bridgehead atoms. The molecule has 0 spiro atoms. The first-order chi connectivity index (χ1) is 12.5. The molecule has 1 amide bonds. The van der Waals surface area contributed by atoms with E-state index < -0.39 is 11.7 Å². The summed E-state index contributed by atoms with van der Waals surface area (Å²) in [6.45, 7) is 11.6. The summed E-state index contributed by atoms with van der Waals surface area (Å²) < 4.78 is 11.1. The normalized spacial score (nSPS) is 11.3. The lowest BCUT2D eigenvalue weighted by Crippen LogP contribution is -2.37. The molecule has 146 valence electrons. The Bertz CT molecular complexity index is 824. The highest BCUT2D eigenvalue weighted by atomic mass is 35.5. The summed E-state index contributed by atoms with van der Waals surface area (Å²) >= 11 is 6.22. The molecule has 0 saturated heterocycles. The maximum absolute atomic E-state index is 12.9. The molecule has 0 aliphatic carbocycles. The Kier molecular flexibility index (Phi) is 6.37. The third kappa shape index (κ3) is 5.36. The van der Waals surface area contributed by atoms with Gasteiger partial charge in [-0.05, 0) is 65.3 Å². The number of aromatic nitrogens is 1. The average Bonchev–Trinajstić information content (AvgIpc) is 2.52. The Balaban J connectivity index is 2.49. The standard InChI is InChI=1S/C21H27ClN2O3/c1-13-8-16(22)10-17(9-13)24(20(25)27-21(4,5)6)12-18-15(3)19(26-7)14(2)11-23-18/h8-11H,12H2,1-7H3. The van der Waals surface area contributed by atoms with Gasteiger partial charge < -0.3 is 9.47 Å². The highest BCUT2D eigenvalue weighted by molar-refractivity contribution is 6.31. The number of rotatable bonds is 4. The molecule has 2 rings (SSSR count). The van der Waals surface area contributed by atoms with Gasteiger partial charge in [-0.15, -0.1) is 0 Å². The number of methoxy groups -OCH3 is 1. The fourth-order valence-electron chi connectivity index (χ4n) is 2.83. The summed E-state index contributed by atoms with van der Waals surface area (Å²) in [6, 6.07) is 5.49. The Morgan fingerprint density at radius 1 is 1.19 bits per heavy atom. The van der Waals surface area contributed by atoms with Crippen LogP contribution in [0.1, 0.15) is 43.2 Å². The smallest absolute Gasteiger partial charge is 0.415 e. The molecule has 5 nitrogen and oxygen atoms in total. The zero-order valence-corrected chi connectivity index (χ0v) is 17.8. The van der Waals surface area contributed by atoms with Crippen molar-refractivity contribution in [3.05, 3.63) is 51.8 Å². The molecule has 1 aromatic heterocycles. The van der Waals surface area contributed by atoms with Gasteiger partial charge in [0.25, 0.3) is 0 Å². The number of benzene rings is 1. The van der Waals surface area contributed by atoms with Gasteiger partial charge in [0.05, 0.1) is 19.3 Å². The molecule has 0 saturated carbocycles. The number of anilines is 1. The monoisotopic (exact) mass is 390 g/mol. The molecule has 0 atom stereocenters.